The third-order valence-corrected chi connectivity index (χ3v) is 4.33. The summed E-state index contributed by atoms with van der Waals surface area (Å²) in [6.45, 7) is -0.222. The van der Waals surface area contributed by atoms with Crippen molar-refractivity contribution in [3.8, 4) is 11.5 Å². The van der Waals surface area contributed by atoms with E-state index in [0.717, 1.165) is 0 Å². The molecule has 6 nitrogen and oxygen atoms in total. The number of hydrogen-bond donors (Lipinski definition) is 1. The molecule has 0 aromatic heterocycles. The van der Waals surface area contributed by atoms with Crippen molar-refractivity contribution >= 4 is 41.3 Å². The first-order chi connectivity index (χ1) is 14.5. The van der Waals surface area contributed by atoms with Crippen molar-refractivity contribution in [2.45, 2.75) is 0 Å². The molecule has 0 bridgehead atoms. The molecule has 0 saturated heterocycles. The number of carbonyl (C=O) groups excluding carboxylic acids is 2. The Morgan fingerprint density at radius 3 is 2.33 bits per heavy atom. The molecule has 8 heteroatoms. The maximum absolute atomic E-state index is 12.1. The van der Waals surface area contributed by atoms with Crippen LogP contribution in [0.15, 0.2) is 77.9 Å². The van der Waals surface area contributed by atoms with Crippen LogP contribution in [0.4, 0.5) is 0 Å². The molecule has 0 aliphatic heterocycles. The van der Waals surface area contributed by atoms with Crippen LogP contribution in [-0.2, 0) is 4.79 Å². The fourth-order valence-electron chi connectivity index (χ4n) is 2.29. The number of para-hydroxylation sites is 1. The van der Waals surface area contributed by atoms with E-state index in [1.807, 2.05) is 0 Å². The van der Waals surface area contributed by atoms with Gasteiger partial charge in [-0.1, -0.05) is 35.3 Å². The van der Waals surface area contributed by atoms with Crippen LogP contribution in [0.2, 0.25) is 10.0 Å². The molecule has 3 rings (SSSR count). The summed E-state index contributed by atoms with van der Waals surface area (Å²) in [5.74, 6) is -0.121. The number of hydrogen-bond acceptors (Lipinski definition) is 5. The van der Waals surface area contributed by atoms with E-state index in [-0.39, 0.29) is 6.61 Å². The average Bonchev–Trinajstić information content (AvgIpc) is 2.75. The summed E-state index contributed by atoms with van der Waals surface area (Å²) in [4.78, 5) is 23.9. The topological polar surface area (TPSA) is 77.0 Å². The highest BCUT2D eigenvalue weighted by atomic mass is 35.5. The fourth-order valence-corrected chi connectivity index (χ4v) is 2.61. The number of ether oxygens (including phenoxy) is 2. The number of esters is 1. The molecule has 0 unspecified atom stereocenters. The highest BCUT2D eigenvalue weighted by Crippen LogP contribution is 2.22. The van der Waals surface area contributed by atoms with E-state index >= 15 is 0 Å². The van der Waals surface area contributed by atoms with Crippen molar-refractivity contribution in [3.05, 3.63) is 94.0 Å². The normalized spacial score (nSPS) is 10.6. The van der Waals surface area contributed by atoms with Gasteiger partial charge >= 0.3 is 5.97 Å². The first kappa shape index (κ1) is 21.4. The van der Waals surface area contributed by atoms with Gasteiger partial charge in [0.15, 0.2) is 6.61 Å². The number of rotatable bonds is 7. The van der Waals surface area contributed by atoms with Crippen LogP contribution >= 0.6 is 23.2 Å². The van der Waals surface area contributed by atoms with Crippen LogP contribution in [0.5, 0.6) is 11.5 Å². The van der Waals surface area contributed by atoms with E-state index < -0.39 is 11.9 Å². The van der Waals surface area contributed by atoms with E-state index in [2.05, 4.69) is 10.5 Å². The minimum atomic E-state index is -0.487. The zero-order valence-electron chi connectivity index (χ0n) is 15.5. The fraction of sp³-hybridized carbons (Fsp3) is 0.0455. The van der Waals surface area contributed by atoms with Crippen molar-refractivity contribution < 1.29 is 19.1 Å². The van der Waals surface area contributed by atoms with E-state index in [1.54, 1.807) is 72.8 Å². The standard InChI is InChI=1S/C22H16Cl2N2O4/c23-17-9-7-16(8-10-17)22(28)30-18-11-5-15(6-12-18)13-25-26-21(27)14-29-20-4-2-1-3-19(20)24/h1-13H,14H2,(H,26,27)/b25-13-. The van der Waals surface area contributed by atoms with E-state index in [9.17, 15) is 9.59 Å². The Labute approximate surface area is 183 Å². The lowest BCUT2D eigenvalue weighted by atomic mass is 10.2. The summed E-state index contributed by atoms with van der Waals surface area (Å²) in [5, 5.41) is 4.83. The van der Waals surface area contributed by atoms with Crippen LogP contribution in [0.3, 0.4) is 0 Å². The smallest absolute Gasteiger partial charge is 0.343 e. The Balaban J connectivity index is 1.47. The van der Waals surface area contributed by atoms with E-state index in [4.69, 9.17) is 32.7 Å². The Morgan fingerprint density at radius 2 is 1.63 bits per heavy atom. The van der Waals surface area contributed by atoms with Gasteiger partial charge in [0.05, 0.1) is 16.8 Å². The lowest BCUT2D eigenvalue weighted by Gasteiger charge is -2.06. The number of nitrogens with one attached hydrogen (secondary N) is 1. The van der Waals surface area contributed by atoms with Gasteiger partial charge in [-0.3, -0.25) is 4.79 Å². The minimum absolute atomic E-state index is 0.222. The van der Waals surface area contributed by atoms with Gasteiger partial charge in [-0.25, -0.2) is 10.2 Å². The summed E-state index contributed by atoms with van der Waals surface area (Å²) < 4.78 is 10.6. The van der Waals surface area contributed by atoms with Gasteiger partial charge in [0.25, 0.3) is 5.91 Å². The van der Waals surface area contributed by atoms with Gasteiger partial charge in [-0.15, -0.1) is 0 Å². The molecule has 0 atom stereocenters. The molecule has 0 saturated carbocycles. The van der Waals surface area contributed by atoms with Gasteiger partial charge in [-0.05, 0) is 66.2 Å². The molecule has 0 heterocycles. The van der Waals surface area contributed by atoms with Crippen molar-refractivity contribution in [1.82, 2.24) is 5.43 Å². The maximum Gasteiger partial charge on any atom is 0.343 e. The SMILES string of the molecule is O=C(COc1ccccc1Cl)N/N=C\c1ccc(OC(=O)c2ccc(Cl)cc2)cc1. The van der Waals surface area contributed by atoms with Crippen LogP contribution in [0, 0.1) is 0 Å². The average molecular weight is 443 g/mol. The quantitative estimate of drug-likeness (QED) is 0.248. The Morgan fingerprint density at radius 1 is 0.933 bits per heavy atom. The summed E-state index contributed by atoms with van der Waals surface area (Å²) >= 11 is 11.8. The Kier molecular flexibility index (Phi) is 7.43. The molecule has 1 amide bonds. The second kappa shape index (κ2) is 10.4. The molecule has 0 aliphatic carbocycles. The number of benzene rings is 3. The number of amides is 1. The molecule has 0 fully saturated rings. The molecule has 0 spiro atoms. The van der Waals surface area contributed by atoms with Crippen molar-refractivity contribution in [3.63, 3.8) is 0 Å². The van der Waals surface area contributed by atoms with Crippen LogP contribution in [-0.4, -0.2) is 24.7 Å². The summed E-state index contributed by atoms with van der Waals surface area (Å²) in [6, 6.07) is 19.9. The molecule has 1 N–H and O–H groups in total. The lowest BCUT2D eigenvalue weighted by molar-refractivity contribution is -0.123. The van der Waals surface area contributed by atoms with Crippen LogP contribution < -0.4 is 14.9 Å². The molecule has 0 aliphatic rings. The van der Waals surface area contributed by atoms with Crippen LogP contribution in [0.1, 0.15) is 15.9 Å². The lowest BCUT2D eigenvalue weighted by Crippen LogP contribution is -2.24. The van der Waals surface area contributed by atoms with Gasteiger partial charge in [0.1, 0.15) is 11.5 Å². The number of halogens is 2. The third kappa shape index (κ3) is 6.34. The number of carbonyl (C=O) groups is 2. The zero-order chi connectivity index (χ0) is 21.3. The van der Waals surface area contributed by atoms with Crippen molar-refractivity contribution in [2.75, 3.05) is 6.61 Å². The Hall–Kier alpha value is -3.35. The van der Waals surface area contributed by atoms with Crippen molar-refractivity contribution in [2.24, 2.45) is 5.10 Å². The highest BCUT2D eigenvalue weighted by Gasteiger charge is 2.08. The molecule has 152 valence electrons. The zero-order valence-corrected chi connectivity index (χ0v) is 17.1. The first-order valence-corrected chi connectivity index (χ1v) is 9.54. The predicted octanol–water partition coefficient (Wildman–Crippen LogP) is 4.74. The molecule has 3 aromatic rings. The molecular formula is C22H16Cl2N2O4. The van der Waals surface area contributed by atoms with Crippen molar-refractivity contribution in [1.29, 1.82) is 0 Å². The van der Waals surface area contributed by atoms with E-state index in [0.29, 0.717) is 32.7 Å². The second-order valence-electron chi connectivity index (χ2n) is 5.98. The van der Waals surface area contributed by atoms with E-state index in [1.165, 1.54) is 6.21 Å². The summed E-state index contributed by atoms with van der Waals surface area (Å²) in [7, 11) is 0. The van der Waals surface area contributed by atoms with Gasteiger partial charge in [0.2, 0.25) is 0 Å². The van der Waals surface area contributed by atoms with Gasteiger partial charge in [-0.2, -0.15) is 5.10 Å². The molecule has 30 heavy (non-hydrogen) atoms. The second-order valence-corrected chi connectivity index (χ2v) is 6.82. The largest absolute Gasteiger partial charge is 0.482 e. The summed E-state index contributed by atoms with van der Waals surface area (Å²) in [5.41, 5.74) is 3.46. The molecular weight excluding hydrogens is 427 g/mol. The van der Waals surface area contributed by atoms with Gasteiger partial charge < -0.3 is 9.47 Å². The molecule has 0 radical (unpaired) electrons. The van der Waals surface area contributed by atoms with Gasteiger partial charge in [0, 0.05) is 5.02 Å². The minimum Gasteiger partial charge on any atom is -0.482 e. The first-order valence-electron chi connectivity index (χ1n) is 8.78. The monoisotopic (exact) mass is 442 g/mol. The predicted molar refractivity (Wildman–Crippen MR) is 116 cm³/mol. The molecule has 3 aromatic carbocycles. The number of hydrazone groups is 1. The Bertz CT molecular complexity index is 1050. The van der Waals surface area contributed by atoms with Crippen LogP contribution in [0.25, 0.3) is 0 Å². The number of nitrogens with zero attached hydrogens (tertiary/aromatic N) is 1. The summed E-state index contributed by atoms with van der Waals surface area (Å²) in [6.07, 6.45) is 1.46. The highest BCUT2D eigenvalue weighted by molar-refractivity contribution is 6.32. The maximum atomic E-state index is 12.1. The third-order valence-electron chi connectivity index (χ3n) is 3.77.